The predicted octanol–water partition coefficient (Wildman–Crippen LogP) is 5.15. The van der Waals surface area contributed by atoms with Gasteiger partial charge in [-0.05, 0) is 48.1 Å². The first-order valence-electron chi connectivity index (χ1n) is 8.27. The van der Waals surface area contributed by atoms with Crippen molar-refractivity contribution in [2.75, 3.05) is 6.61 Å². The van der Waals surface area contributed by atoms with Crippen LogP contribution in [0.25, 0.3) is 0 Å². The number of hydrogen-bond donors (Lipinski definition) is 0. The first kappa shape index (κ1) is 17.6. The van der Waals surface area contributed by atoms with Crippen molar-refractivity contribution in [1.82, 2.24) is 0 Å². The number of hydrogen-bond acceptors (Lipinski definition) is 3. The van der Waals surface area contributed by atoms with E-state index in [2.05, 4.69) is 32.1 Å². The molecule has 0 radical (unpaired) electrons. The van der Waals surface area contributed by atoms with Gasteiger partial charge in [0.1, 0.15) is 5.75 Å². The molecule has 0 aliphatic heterocycles. The second-order valence-electron chi connectivity index (χ2n) is 6.10. The highest BCUT2D eigenvalue weighted by molar-refractivity contribution is 5.37. The average molecular weight is 318 g/mol. The molecule has 3 nitrogen and oxygen atoms in total. The van der Waals surface area contributed by atoms with Gasteiger partial charge in [-0.25, -0.2) is 0 Å². The van der Waals surface area contributed by atoms with Crippen molar-refractivity contribution in [2.45, 2.75) is 38.5 Å². The molecule has 24 heavy (non-hydrogen) atoms. The Kier molecular flexibility index (Phi) is 6.41. The minimum Gasteiger partial charge on any atom is -0.493 e. The number of benzene rings is 2. The van der Waals surface area contributed by atoms with Crippen LogP contribution in [0.3, 0.4) is 0 Å². The number of rotatable bonds is 7. The van der Waals surface area contributed by atoms with Gasteiger partial charge in [-0.15, -0.1) is 0 Å². The van der Waals surface area contributed by atoms with Gasteiger partial charge in [-0.3, -0.25) is 0 Å². The molecule has 2 aromatic rings. The van der Waals surface area contributed by atoms with Gasteiger partial charge in [0.2, 0.25) is 0 Å². The summed E-state index contributed by atoms with van der Waals surface area (Å²) in [5, 5.41) is 18.4. The van der Waals surface area contributed by atoms with Crippen LogP contribution in [0.15, 0.2) is 48.5 Å². The fourth-order valence-electron chi connectivity index (χ4n) is 2.69. The van der Waals surface area contributed by atoms with Crippen LogP contribution >= 0.6 is 0 Å². The maximum Gasteiger partial charge on any atom is 0.122 e. The quantitative estimate of drug-likeness (QED) is 0.663. The highest BCUT2D eigenvalue weighted by atomic mass is 16.5. The molecule has 0 aliphatic carbocycles. The lowest BCUT2D eigenvalue weighted by molar-refractivity contribution is 0.301. The molecule has 122 valence electrons. The van der Waals surface area contributed by atoms with E-state index in [1.54, 1.807) is 12.1 Å². The Labute approximate surface area is 144 Å². The molecule has 2 rings (SSSR count). The largest absolute Gasteiger partial charge is 0.493 e. The standard InChI is InChI=1S/C21H22N2O/c1-16(2)20-10-3-4-11-21(20)24-12-6-9-19(15-23)18-8-5-7-17(13-18)14-22/h3-5,7-8,10-11,13,16,19H,6,9,12H2,1-2H3. The van der Waals surface area contributed by atoms with Crippen LogP contribution in [0, 0.1) is 22.7 Å². The molecule has 0 heterocycles. The zero-order valence-corrected chi connectivity index (χ0v) is 14.2. The fraction of sp³-hybridized carbons (Fsp3) is 0.333. The molecule has 0 saturated heterocycles. The minimum absolute atomic E-state index is 0.206. The number of para-hydroxylation sites is 1. The molecule has 0 N–H and O–H groups in total. The van der Waals surface area contributed by atoms with E-state index in [1.807, 2.05) is 30.3 Å². The van der Waals surface area contributed by atoms with Gasteiger partial charge in [0, 0.05) is 0 Å². The average Bonchev–Trinajstić information content (AvgIpc) is 2.62. The summed E-state index contributed by atoms with van der Waals surface area (Å²) in [5.74, 6) is 1.14. The molecule has 0 amide bonds. The third kappa shape index (κ3) is 4.61. The molecule has 0 saturated carbocycles. The van der Waals surface area contributed by atoms with Crippen LogP contribution in [0.1, 0.15) is 55.2 Å². The molecule has 2 aromatic carbocycles. The zero-order valence-electron chi connectivity index (χ0n) is 14.2. The third-order valence-corrected chi connectivity index (χ3v) is 4.01. The first-order valence-corrected chi connectivity index (χ1v) is 8.27. The van der Waals surface area contributed by atoms with Crippen molar-refractivity contribution in [2.24, 2.45) is 0 Å². The van der Waals surface area contributed by atoms with Gasteiger partial charge < -0.3 is 4.74 Å². The van der Waals surface area contributed by atoms with Crippen LogP contribution in [0.2, 0.25) is 0 Å². The summed E-state index contributed by atoms with van der Waals surface area (Å²) in [5.41, 5.74) is 2.70. The lowest BCUT2D eigenvalue weighted by Crippen LogP contribution is -2.04. The number of nitriles is 2. The maximum absolute atomic E-state index is 9.40. The molecule has 1 atom stereocenters. The van der Waals surface area contributed by atoms with Crippen molar-refractivity contribution in [1.29, 1.82) is 10.5 Å². The van der Waals surface area contributed by atoms with Gasteiger partial charge in [-0.1, -0.05) is 44.2 Å². The predicted molar refractivity (Wildman–Crippen MR) is 94.8 cm³/mol. The molecule has 0 aliphatic rings. The first-order chi connectivity index (χ1) is 11.7. The SMILES string of the molecule is CC(C)c1ccccc1OCCCC(C#N)c1cccc(C#N)c1. The van der Waals surface area contributed by atoms with Crippen LogP contribution < -0.4 is 4.74 Å². The smallest absolute Gasteiger partial charge is 0.122 e. The summed E-state index contributed by atoms with van der Waals surface area (Å²) >= 11 is 0. The molecular formula is C21H22N2O. The van der Waals surface area contributed by atoms with E-state index in [0.29, 0.717) is 18.1 Å². The van der Waals surface area contributed by atoms with Crippen molar-refractivity contribution >= 4 is 0 Å². The van der Waals surface area contributed by atoms with Crippen molar-refractivity contribution in [3.63, 3.8) is 0 Å². The number of ether oxygens (including phenoxy) is 1. The van der Waals surface area contributed by atoms with E-state index < -0.39 is 0 Å². The lowest BCUT2D eigenvalue weighted by atomic mass is 9.94. The van der Waals surface area contributed by atoms with Crippen LogP contribution in [0.5, 0.6) is 5.75 Å². The Morgan fingerprint density at radius 2 is 1.83 bits per heavy atom. The molecule has 0 fully saturated rings. The van der Waals surface area contributed by atoms with E-state index in [4.69, 9.17) is 10.00 Å². The van der Waals surface area contributed by atoms with E-state index >= 15 is 0 Å². The fourth-order valence-corrected chi connectivity index (χ4v) is 2.69. The van der Waals surface area contributed by atoms with Crippen molar-refractivity contribution in [3.05, 3.63) is 65.2 Å². The lowest BCUT2D eigenvalue weighted by Gasteiger charge is -2.14. The molecule has 0 aromatic heterocycles. The van der Waals surface area contributed by atoms with Gasteiger partial charge >= 0.3 is 0 Å². The summed E-state index contributed by atoms with van der Waals surface area (Å²) in [4.78, 5) is 0. The second-order valence-corrected chi connectivity index (χ2v) is 6.10. The van der Waals surface area contributed by atoms with E-state index in [-0.39, 0.29) is 5.92 Å². The van der Waals surface area contributed by atoms with E-state index in [1.165, 1.54) is 5.56 Å². The summed E-state index contributed by atoms with van der Waals surface area (Å²) in [6, 6.07) is 19.8. The van der Waals surface area contributed by atoms with Gasteiger partial charge in [-0.2, -0.15) is 10.5 Å². The summed E-state index contributed by atoms with van der Waals surface area (Å²) in [7, 11) is 0. The normalized spacial score (nSPS) is 11.5. The summed E-state index contributed by atoms with van der Waals surface area (Å²) in [6.45, 7) is 4.88. The molecule has 3 heteroatoms. The van der Waals surface area contributed by atoms with Crippen molar-refractivity contribution < 1.29 is 4.74 Å². The topological polar surface area (TPSA) is 56.8 Å². The maximum atomic E-state index is 9.40. The third-order valence-electron chi connectivity index (χ3n) is 4.01. The monoisotopic (exact) mass is 318 g/mol. The Hall–Kier alpha value is -2.78. The second kappa shape index (κ2) is 8.75. The highest BCUT2D eigenvalue weighted by Gasteiger charge is 2.12. The van der Waals surface area contributed by atoms with Crippen LogP contribution in [0.4, 0.5) is 0 Å². The van der Waals surface area contributed by atoms with Gasteiger partial charge in [0.25, 0.3) is 0 Å². The Morgan fingerprint density at radius 1 is 1.04 bits per heavy atom. The Morgan fingerprint density at radius 3 is 2.54 bits per heavy atom. The Balaban J connectivity index is 1.91. The molecular weight excluding hydrogens is 296 g/mol. The Bertz CT molecular complexity index is 753. The summed E-state index contributed by atoms with van der Waals surface area (Å²) in [6.07, 6.45) is 1.51. The molecule has 0 bridgehead atoms. The number of nitrogens with zero attached hydrogens (tertiary/aromatic N) is 2. The van der Waals surface area contributed by atoms with E-state index in [9.17, 15) is 5.26 Å². The van der Waals surface area contributed by atoms with Crippen LogP contribution in [-0.2, 0) is 0 Å². The zero-order chi connectivity index (χ0) is 17.4. The molecule has 1 unspecified atom stereocenters. The highest BCUT2D eigenvalue weighted by Crippen LogP contribution is 2.27. The minimum atomic E-state index is -0.206. The van der Waals surface area contributed by atoms with Gasteiger partial charge in [0.05, 0.1) is 30.2 Å². The summed E-state index contributed by atoms with van der Waals surface area (Å²) < 4.78 is 5.91. The van der Waals surface area contributed by atoms with Gasteiger partial charge in [0.15, 0.2) is 0 Å². The van der Waals surface area contributed by atoms with E-state index in [0.717, 1.165) is 24.2 Å². The van der Waals surface area contributed by atoms with Crippen LogP contribution in [-0.4, -0.2) is 6.61 Å². The van der Waals surface area contributed by atoms with Crippen molar-refractivity contribution in [3.8, 4) is 17.9 Å². The molecule has 0 spiro atoms.